The molecule has 0 radical (unpaired) electrons. The first kappa shape index (κ1) is 12.7. The Morgan fingerprint density at radius 1 is 1.39 bits per heavy atom. The quantitative estimate of drug-likeness (QED) is 0.836. The van der Waals surface area contributed by atoms with E-state index in [1.807, 2.05) is 0 Å². The van der Waals surface area contributed by atoms with E-state index in [0.29, 0.717) is 0 Å². The maximum atomic E-state index is 13.9. The van der Waals surface area contributed by atoms with Crippen molar-refractivity contribution < 1.29 is 18.7 Å². The Labute approximate surface area is 109 Å². The number of aromatic amines is 1. The fourth-order valence-electron chi connectivity index (χ4n) is 1.51. The van der Waals surface area contributed by atoms with Crippen molar-refractivity contribution in [2.75, 3.05) is 0 Å². The van der Waals surface area contributed by atoms with Gasteiger partial charge in [0, 0.05) is 0 Å². The van der Waals surface area contributed by atoms with E-state index in [1.54, 1.807) is 0 Å². The molecule has 0 amide bonds. The molecule has 1 heterocycles. The first-order chi connectivity index (χ1) is 8.41. The lowest BCUT2D eigenvalue weighted by atomic mass is 10.1. The molecule has 2 aromatic rings. The summed E-state index contributed by atoms with van der Waals surface area (Å²) in [6.45, 7) is 1.48. The van der Waals surface area contributed by atoms with Gasteiger partial charge >= 0.3 is 5.97 Å². The third-order valence-corrected chi connectivity index (χ3v) is 2.98. The first-order valence-corrected chi connectivity index (χ1v) is 5.64. The van der Waals surface area contributed by atoms with E-state index in [9.17, 15) is 13.6 Å². The summed E-state index contributed by atoms with van der Waals surface area (Å²) in [5.74, 6) is -2.83. The predicted molar refractivity (Wildman–Crippen MR) is 63.3 cm³/mol. The number of H-pyrrole nitrogens is 1. The van der Waals surface area contributed by atoms with Crippen LogP contribution >= 0.6 is 15.9 Å². The summed E-state index contributed by atoms with van der Waals surface area (Å²) in [5.41, 5.74) is -0.447. The second-order valence-corrected chi connectivity index (χ2v) is 4.50. The molecule has 0 aliphatic carbocycles. The van der Waals surface area contributed by atoms with Crippen LogP contribution in [-0.2, 0) is 0 Å². The average Bonchev–Trinajstić information content (AvgIpc) is 2.76. The first-order valence-electron chi connectivity index (χ1n) is 4.85. The smallest absolute Gasteiger partial charge is 0.353 e. The number of nitrogens with one attached hydrogen (secondary N) is 1. The van der Waals surface area contributed by atoms with Crippen LogP contribution in [0.5, 0.6) is 0 Å². The third-order valence-electron chi connectivity index (χ3n) is 2.40. The highest BCUT2D eigenvalue weighted by molar-refractivity contribution is 9.10. The van der Waals surface area contributed by atoms with E-state index in [0.717, 1.165) is 6.07 Å². The van der Waals surface area contributed by atoms with Gasteiger partial charge in [-0.2, -0.15) is 5.10 Å². The van der Waals surface area contributed by atoms with Crippen LogP contribution in [0.25, 0.3) is 11.3 Å². The van der Waals surface area contributed by atoms with Crippen molar-refractivity contribution in [3.05, 3.63) is 39.5 Å². The summed E-state index contributed by atoms with van der Waals surface area (Å²) < 4.78 is 27.8. The number of hydrogen-bond acceptors (Lipinski definition) is 2. The number of carboxylic acids is 1. The molecule has 0 unspecified atom stereocenters. The second kappa shape index (κ2) is 4.49. The van der Waals surface area contributed by atoms with Crippen molar-refractivity contribution in [3.8, 4) is 11.3 Å². The van der Waals surface area contributed by atoms with Crippen LogP contribution in [0.15, 0.2) is 16.6 Å². The lowest BCUT2D eigenvalue weighted by Crippen LogP contribution is -1.96. The van der Waals surface area contributed by atoms with E-state index >= 15 is 0 Å². The standard InChI is InChI=1S/C11H7BrF2N2O2/c1-4-2-5(12)10(14)8(9(4)13)6-3-7(11(17)18)16-15-6/h2-3H,1H3,(H,15,16)(H,17,18). The fraction of sp³-hybridized carbons (Fsp3) is 0.0909. The lowest BCUT2D eigenvalue weighted by molar-refractivity contribution is 0.0690. The number of aryl methyl sites for hydroxylation is 1. The van der Waals surface area contributed by atoms with Crippen LogP contribution in [0.2, 0.25) is 0 Å². The Balaban J connectivity index is 2.66. The second-order valence-electron chi connectivity index (χ2n) is 3.65. The molecule has 0 aliphatic rings. The van der Waals surface area contributed by atoms with Crippen molar-refractivity contribution in [2.45, 2.75) is 6.92 Å². The highest BCUT2D eigenvalue weighted by Gasteiger charge is 2.20. The van der Waals surface area contributed by atoms with Gasteiger partial charge in [0.2, 0.25) is 0 Å². The molecule has 2 N–H and O–H groups in total. The number of nitrogens with zero attached hydrogens (tertiary/aromatic N) is 1. The summed E-state index contributed by atoms with van der Waals surface area (Å²) >= 11 is 2.97. The number of carboxylic acid groups (broad SMARTS) is 1. The van der Waals surface area contributed by atoms with Gasteiger partial charge in [0.1, 0.15) is 17.3 Å². The van der Waals surface area contributed by atoms with Gasteiger partial charge in [0.25, 0.3) is 0 Å². The molecule has 0 saturated heterocycles. The molecule has 1 aromatic heterocycles. The third kappa shape index (κ3) is 2.01. The van der Waals surface area contributed by atoms with Crippen LogP contribution in [0.4, 0.5) is 8.78 Å². The van der Waals surface area contributed by atoms with Gasteiger partial charge in [-0.3, -0.25) is 5.10 Å². The van der Waals surface area contributed by atoms with Gasteiger partial charge in [-0.05, 0) is 40.5 Å². The summed E-state index contributed by atoms with van der Waals surface area (Å²) in [6.07, 6.45) is 0. The largest absolute Gasteiger partial charge is 0.477 e. The van der Waals surface area contributed by atoms with Crippen LogP contribution in [0.1, 0.15) is 16.1 Å². The van der Waals surface area contributed by atoms with Crippen molar-refractivity contribution in [1.82, 2.24) is 10.2 Å². The van der Waals surface area contributed by atoms with Gasteiger partial charge in [-0.1, -0.05) is 0 Å². The van der Waals surface area contributed by atoms with Crippen LogP contribution in [0, 0.1) is 18.6 Å². The lowest BCUT2D eigenvalue weighted by Gasteiger charge is -2.06. The summed E-state index contributed by atoms with van der Waals surface area (Å²) in [4.78, 5) is 10.7. The minimum absolute atomic E-state index is 0.0909. The molecular formula is C11H7BrF2N2O2. The van der Waals surface area contributed by atoms with E-state index < -0.39 is 17.6 Å². The number of hydrogen-bond donors (Lipinski definition) is 2. The van der Waals surface area contributed by atoms with Gasteiger partial charge < -0.3 is 5.11 Å². The summed E-state index contributed by atoms with van der Waals surface area (Å²) in [7, 11) is 0. The monoisotopic (exact) mass is 316 g/mol. The molecule has 0 atom stereocenters. The summed E-state index contributed by atoms with van der Waals surface area (Å²) in [5, 5.41) is 14.5. The molecule has 94 valence electrons. The number of aromatic carboxylic acids is 1. The Hall–Kier alpha value is -1.76. The molecule has 0 aliphatic heterocycles. The summed E-state index contributed by atoms with van der Waals surface area (Å²) in [6, 6.07) is 2.38. The minimum atomic E-state index is -1.25. The molecule has 0 spiro atoms. The van der Waals surface area contributed by atoms with Gasteiger partial charge in [-0.15, -0.1) is 0 Å². The predicted octanol–water partition coefficient (Wildman–Crippen LogP) is 3.12. The maximum absolute atomic E-state index is 13.9. The van der Waals surface area contributed by atoms with Gasteiger partial charge in [-0.25, -0.2) is 13.6 Å². The number of benzene rings is 1. The van der Waals surface area contributed by atoms with E-state index in [-0.39, 0.29) is 27.0 Å². The highest BCUT2D eigenvalue weighted by Crippen LogP contribution is 2.31. The zero-order chi connectivity index (χ0) is 13.4. The highest BCUT2D eigenvalue weighted by atomic mass is 79.9. The zero-order valence-electron chi connectivity index (χ0n) is 9.09. The Kier molecular flexibility index (Phi) is 3.16. The molecular weight excluding hydrogens is 310 g/mol. The molecule has 0 saturated carbocycles. The van der Waals surface area contributed by atoms with Crippen LogP contribution in [-0.4, -0.2) is 21.3 Å². The molecule has 0 fully saturated rings. The maximum Gasteiger partial charge on any atom is 0.353 e. The fourth-order valence-corrected chi connectivity index (χ4v) is 2.06. The van der Waals surface area contributed by atoms with Crippen molar-refractivity contribution in [3.63, 3.8) is 0 Å². The molecule has 18 heavy (non-hydrogen) atoms. The van der Waals surface area contributed by atoms with Crippen molar-refractivity contribution >= 4 is 21.9 Å². The zero-order valence-corrected chi connectivity index (χ0v) is 10.7. The van der Waals surface area contributed by atoms with Crippen LogP contribution < -0.4 is 0 Å². The van der Waals surface area contributed by atoms with E-state index in [4.69, 9.17) is 5.11 Å². The Bertz CT molecular complexity index is 614. The van der Waals surface area contributed by atoms with E-state index in [2.05, 4.69) is 26.1 Å². The number of aromatic nitrogens is 2. The van der Waals surface area contributed by atoms with Crippen molar-refractivity contribution in [2.24, 2.45) is 0 Å². The average molecular weight is 317 g/mol. The molecule has 0 bridgehead atoms. The topological polar surface area (TPSA) is 66.0 Å². The van der Waals surface area contributed by atoms with Crippen molar-refractivity contribution in [1.29, 1.82) is 0 Å². The molecule has 7 heteroatoms. The number of rotatable bonds is 2. The van der Waals surface area contributed by atoms with Crippen LogP contribution in [0.3, 0.4) is 0 Å². The number of halogens is 3. The van der Waals surface area contributed by atoms with E-state index in [1.165, 1.54) is 13.0 Å². The minimum Gasteiger partial charge on any atom is -0.477 e. The normalized spacial score (nSPS) is 10.7. The molecule has 4 nitrogen and oxygen atoms in total. The SMILES string of the molecule is Cc1cc(Br)c(F)c(-c2cc(C(=O)O)[nH]n2)c1F. The van der Waals surface area contributed by atoms with Gasteiger partial charge in [0.15, 0.2) is 0 Å². The Morgan fingerprint density at radius 3 is 2.61 bits per heavy atom. The Morgan fingerprint density at radius 2 is 2.06 bits per heavy atom. The van der Waals surface area contributed by atoms with Gasteiger partial charge in [0.05, 0.1) is 15.7 Å². The number of carbonyl (C=O) groups is 1. The molecule has 2 rings (SSSR count). The molecule has 1 aromatic carbocycles.